The van der Waals surface area contributed by atoms with E-state index >= 15 is 0 Å². The number of hydrogen-bond acceptors (Lipinski definition) is 6. The van der Waals surface area contributed by atoms with Gasteiger partial charge in [0.15, 0.2) is 5.82 Å². The molecule has 0 aliphatic carbocycles. The molecule has 1 N–H and O–H groups in total. The van der Waals surface area contributed by atoms with Crippen molar-refractivity contribution in [2.24, 2.45) is 0 Å². The molecule has 0 spiro atoms. The van der Waals surface area contributed by atoms with E-state index in [1.807, 2.05) is 29.2 Å². The molecule has 114 valence electrons. The number of piperidine rings is 1. The predicted octanol–water partition coefficient (Wildman–Crippen LogP) is 2.90. The first kappa shape index (κ1) is 13.7. The molecule has 3 aromatic rings. The summed E-state index contributed by atoms with van der Waals surface area (Å²) in [5.41, 5.74) is 0.996. The average Bonchev–Trinajstić information content (AvgIpc) is 3.29. The van der Waals surface area contributed by atoms with E-state index in [4.69, 9.17) is 4.52 Å². The van der Waals surface area contributed by atoms with E-state index in [-0.39, 0.29) is 0 Å². The minimum atomic E-state index is 0.465. The highest BCUT2D eigenvalue weighted by molar-refractivity contribution is 7.08. The Morgan fingerprint density at radius 2 is 2.45 bits per heavy atom. The van der Waals surface area contributed by atoms with E-state index in [0.717, 1.165) is 36.8 Å². The maximum Gasteiger partial charge on any atom is 0.258 e. The average molecular weight is 315 g/mol. The lowest BCUT2D eigenvalue weighted by atomic mass is 9.97. The monoisotopic (exact) mass is 315 g/mol. The third-order valence-corrected chi connectivity index (χ3v) is 4.70. The topological polar surface area (TPSA) is 70.8 Å². The largest absolute Gasteiger partial charge is 0.348 e. The third-order valence-electron chi connectivity index (χ3n) is 4.01. The van der Waals surface area contributed by atoms with Gasteiger partial charge in [0.1, 0.15) is 5.82 Å². The highest BCUT2D eigenvalue weighted by Crippen LogP contribution is 2.25. The quantitative estimate of drug-likeness (QED) is 0.801. The van der Waals surface area contributed by atoms with E-state index in [1.54, 1.807) is 11.3 Å². The summed E-state index contributed by atoms with van der Waals surface area (Å²) in [6.45, 7) is 2.78. The number of likely N-dealkylation sites (tertiary alicyclic amines) is 1. The van der Waals surface area contributed by atoms with Crippen LogP contribution in [0.15, 0.2) is 33.7 Å². The number of imidazole rings is 1. The molecule has 1 atom stereocenters. The van der Waals surface area contributed by atoms with Crippen LogP contribution in [-0.2, 0) is 6.54 Å². The lowest BCUT2D eigenvalue weighted by Gasteiger charge is -2.30. The molecule has 6 nitrogen and oxygen atoms in total. The fourth-order valence-corrected chi connectivity index (χ4v) is 3.57. The fourth-order valence-electron chi connectivity index (χ4n) is 2.94. The molecule has 1 aliphatic rings. The van der Waals surface area contributed by atoms with Crippen molar-refractivity contribution in [1.82, 2.24) is 25.0 Å². The molecule has 0 amide bonds. The number of nitrogens with one attached hydrogen (secondary N) is 1. The van der Waals surface area contributed by atoms with Crippen LogP contribution in [0.5, 0.6) is 0 Å². The third kappa shape index (κ3) is 2.82. The Hall–Kier alpha value is -1.99. The Bertz CT molecular complexity index is 706. The molecule has 1 saturated heterocycles. The van der Waals surface area contributed by atoms with Gasteiger partial charge in [0.05, 0.1) is 12.1 Å². The molecular weight excluding hydrogens is 298 g/mol. The summed E-state index contributed by atoms with van der Waals surface area (Å²) < 4.78 is 5.35. The zero-order valence-electron chi connectivity index (χ0n) is 12.1. The van der Waals surface area contributed by atoms with Gasteiger partial charge in [-0.3, -0.25) is 4.90 Å². The number of nitrogens with zero attached hydrogens (tertiary/aromatic N) is 4. The van der Waals surface area contributed by atoms with Crippen molar-refractivity contribution < 1.29 is 4.52 Å². The summed E-state index contributed by atoms with van der Waals surface area (Å²) in [5, 5.41) is 8.14. The number of thiophene rings is 1. The summed E-state index contributed by atoms with van der Waals surface area (Å²) in [5.74, 6) is 2.90. The summed E-state index contributed by atoms with van der Waals surface area (Å²) >= 11 is 1.63. The first-order valence-electron chi connectivity index (χ1n) is 7.45. The van der Waals surface area contributed by atoms with Crippen LogP contribution in [0.4, 0.5) is 0 Å². The van der Waals surface area contributed by atoms with Crippen molar-refractivity contribution in [3.05, 3.63) is 40.9 Å². The molecule has 0 saturated carbocycles. The van der Waals surface area contributed by atoms with E-state index < -0.39 is 0 Å². The second kappa shape index (κ2) is 6.02. The summed E-state index contributed by atoms with van der Waals surface area (Å²) in [7, 11) is 0. The van der Waals surface area contributed by atoms with Crippen LogP contribution in [0.2, 0.25) is 0 Å². The molecule has 0 unspecified atom stereocenters. The number of hydrogen-bond donors (Lipinski definition) is 1. The summed E-state index contributed by atoms with van der Waals surface area (Å²) in [4.78, 5) is 14.5. The molecule has 4 rings (SSSR count). The first-order valence-corrected chi connectivity index (χ1v) is 8.39. The van der Waals surface area contributed by atoms with Gasteiger partial charge in [-0.25, -0.2) is 4.98 Å². The van der Waals surface area contributed by atoms with Crippen molar-refractivity contribution in [3.63, 3.8) is 0 Å². The standard InChI is InChI=1S/C15H17N5OS/c1-2-11(14-16-4-5-17-14)8-20(6-1)9-13-18-15(21-19-13)12-3-7-22-10-12/h3-5,7,10-11H,1-2,6,8-9H2,(H,16,17)/t11-/m1/s1. The molecule has 3 aromatic heterocycles. The van der Waals surface area contributed by atoms with Gasteiger partial charge >= 0.3 is 0 Å². The van der Waals surface area contributed by atoms with Gasteiger partial charge in [-0.15, -0.1) is 0 Å². The predicted molar refractivity (Wildman–Crippen MR) is 83.5 cm³/mol. The van der Waals surface area contributed by atoms with E-state index in [0.29, 0.717) is 11.8 Å². The van der Waals surface area contributed by atoms with Crippen LogP contribution in [0.25, 0.3) is 11.5 Å². The second-order valence-electron chi connectivity index (χ2n) is 5.58. The van der Waals surface area contributed by atoms with Crippen LogP contribution >= 0.6 is 11.3 Å². The fraction of sp³-hybridized carbons (Fsp3) is 0.400. The minimum Gasteiger partial charge on any atom is -0.348 e. The van der Waals surface area contributed by atoms with E-state index in [2.05, 4.69) is 25.0 Å². The number of H-pyrrole nitrogens is 1. The summed E-state index contributed by atoms with van der Waals surface area (Å²) in [6.07, 6.45) is 6.05. The highest BCUT2D eigenvalue weighted by atomic mass is 32.1. The smallest absolute Gasteiger partial charge is 0.258 e. The Morgan fingerprint density at radius 3 is 3.27 bits per heavy atom. The molecule has 7 heteroatoms. The lowest BCUT2D eigenvalue weighted by Crippen LogP contribution is -2.34. The first-order chi connectivity index (χ1) is 10.9. The second-order valence-corrected chi connectivity index (χ2v) is 6.36. The maximum atomic E-state index is 5.35. The molecule has 0 radical (unpaired) electrons. The van der Waals surface area contributed by atoms with Gasteiger partial charge in [-0.2, -0.15) is 16.3 Å². The molecule has 1 fully saturated rings. The van der Waals surface area contributed by atoms with Crippen LogP contribution in [0, 0.1) is 0 Å². The minimum absolute atomic E-state index is 0.465. The van der Waals surface area contributed by atoms with Crippen molar-refractivity contribution in [2.75, 3.05) is 13.1 Å². The zero-order chi connectivity index (χ0) is 14.8. The lowest BCUT2D eigenvalue weighted by molar-refractivity contribution is 0.190. The van der Waals surface area contributed by atoms with Gasteiger partial charge in [0.25, 0.3) is 5.89 Å². The Kier molecular flexibility index (Phi) is 3.74. The SMILES string of the molecule is c1c[nH]c([C@@H]2CCCN(Cc3noc(-c4ccsc4)n3)C2)n1. The normalized spacial score (nSPS) is 19.5. The van der Waals surface area contributed by atoms with Crippen LogP contribution < -0.4 is 0 Å². The Balaban J connectivity index is 1.43. The van der Waals surface area contributed by atoms with Crippen LogP contribution in [-0.4, -0.2) is 38.1 Å². The van der Waals surface area contributed by atoms with E-state index in [9.17, 15) is 0 Å². The molecule has 0 bridgehead atoms. The van der Waals surface area contributed by atoms with Gasteiger partial charge in [-0.05, 0) is 30.8 Å². The zero-order valence-corrected chi connectivity index (χ0v) is 12.9. The molecule has 22 heavy (non-hydrogen) atoms. The Labute approximate surface area is 132 Å². The van der Waals surface area contributed by atoms with Crippen molar-refractivity contribution >= 4 is 11.3 Å². The maximum absolute atomic E-state index is 5.35. The number of aromatic nitrogens is 4. The molecular formula is C15H17N5OS. The molecule has 4 heterocycles. The highest BCUT2D eigenvalue weighted by Gasteiger charge is 2.24. The van der Waals surface area contributed by atoms with Crippen molar-refractivity contribution in [3.8, 4) is 11.5 Å². The molecule has 1 aliphatic heterocycles. The van der Waals surface area contributed by atoms with Crippen molar-refractivity contribution in [2.45, 2.75) is 25.3 Å². The number of rotatable bonds is 4. The van der Waals surface area contributed by atoms with Gasteiger partial charge < -0.3 is 9.51 Å². The van der Waals surface area contributed by atoms with Crippen molar-refractivity contribution in [1.29, 1.82) is 0 Å². The van der Waals surface area contributed by atoms with Gasteiger partial charge in [0.2, 0.25) is 0 Å². The van der Waals surface area contributed by atoms with Crippen LogP contribution in [0.1, 0.15) is 30.4 Å². The molecule has 0 aromatic carbocycles. The van der Waals surface area contributed by atoms with Gasteiger partial charge in [0, 0.05) is 30.2 Å². The van der Waals surface area contributed by atoms with Gasteiger partial charge in [-0.1, -0.05) is 5.16 Å². The Morgan fingerprint density at radius 1 is 1.45 bits per heavy atom. The number of aromatic amines is 1. The summed E-state index contributed by atoms with van der Waals surface area (Å²) in [6, 6.07) is 2.00. The van der Waals surface area contributed by atoms with Crippen LogP contribution in [0.3, 0.4) is 0 Å². The van der Waals surface area contributed by atoms with E-state index in [1.165, 1.54) is 12.8 Å².